The molecule has 0 amide bonds. The van der Waals surface area contributed by atoms with Gasteiger partial charge in [-0.2, -0.15) is 13.2 Å². The Hall–Kier alpha value is -2.55. The molecule has 0 bridgehead atoms. The van der Waals surface area contributed by atoms with E-state index < -0.39 is 20.2 Å². The Morgan fingerprint density at radius 1 is 1.12 bits per heavy atom. The summed E-state index contributed by atoms with van der Waals surface area (Å²) in [5, 5.41) is 2.72. The lowest BCUT2D eigenvalue weighted by atomic mass is 10.2. The molecule has 0 spiro atoms. The fraction of sp³-hybridized carbons (Fsp3) is 0.188. The van der Waals surface area contributed by atoms with Gasteiger partial charge in [0.2, 0.25) is 0 Å². The van der Waals surface area contributed by atoms with Crippen LogP contribution in [0.5, 0.6) is 0 Å². The van der Waals surface area contributed by atoms with Gasteiger partial charge in [0.05, 0.1) is 28.2 Å². The number of hydrogen-bond acceptors (Lipinski definition) is 4. The number of benzene rings is 2. The van der Waals surface area contributed by atoms with Crippen LogP contribution in [0, 0.1) is 6.92 Å². The van der Waals surface area contributed by atoms with Crippen LogP contribution in [0.2, 0.25) is 0 Å². The Morgan fingerprint density at radius 2 is 1.84 bits per heavy atom. The van der Waals surface area contributed by atoms with Crippen LogP contribution >= 0.6 is 0 Å². The number of nitrogens with one attached hydrogen (secondary N) is 2. The summed E-state index contributed by atoms with van der Waals surface area (Å²) in [6.07, 6.45) is 0. The van der Waals surface area contributed by atoms with Gasteiger partial charge in [0.1, 0.15) is 5.82 Å². The predicted octanol–water partition coefficient (Wildman–Crippen LogP) is 3.78. The largest absolute Gasteiger partial charge is 0.501 e. The van der Waals surface area contributed by atoms with Crippen LogP contribution in [-0.4, -0.2) is 23.9 Å². The van der Waals surface area contributed by atoms with Gasteiger partial charge in [-0.1, -0.05) is 24.3 Å². The van der Waals surface area contributed by atoms with Gasteiger partial charge in [0, 0.05) is 0 Å². The minimum absolute atomic E-state index is 0.0541. The number of hydrogen-bond donors (Lipinski definition) is 2. The van der Waals surface area contributed by atoms with Crippen LogP contribution in [0.1, 0.15) is 11.4 Å². The number of fused-ring (bicyclic) bond motifs is 1. The fourth-order valence-corrected chi connectivity index (χ4v) is 3.40. The van der Waals surface area contributed by atoms with Crippen molar-refractivity contribution in [2.24, 2.45) is 0 Å². The van der Waals surface area contributed by atoms with Crippen LogP contribution in [0.3, 0.4) is 0 Å². The zero-order chi connectivity index (χ0) is 18.2. The molecular weight excluding hydrogens is 355 g/mol. The maximum atomic E-state index is 12.8. The molecule has 2 N–H and O–H groups in total. The summed E-state index contributed by atoms with van der Waals surface area (Å²) in [4.78, 5) is 6.62. The molecule has 0 aliphatic carbocycles. The van der Waals surface area contributed by atoms with Crippen molar-refractivity contribution in [2.75, 3.05) is 5.32 Å². The van der Waals surface area contributed by atoms with E-state index in [0.717, 1.165) is 22.7 Å². The van der Waals surface area contributed by atoms with Crippen molar-refractivity contribution in [2.45, 2.75) is 23.9 Å². The number of rotatable bonds is 4. The molecule has 9 heteroatoms. The van der Waals surface area contributed by atoms with Gasteiger partial charge >= 0.3 is 5.51 Å². The van der Waals surface area contributed by atoms with Crippen LogP contribution in [0.25, 0.3) is 11.0 Å². The summed E-state index contributed by atoms with van der Waals surface area (Å²) in [6, 6.07) is 10.5. The van der Waals surface area contributed by atoms with E-state index in [2.05, 4.69) is 15.3 Å². The van der Waals surface area contributed by atoms with E-state index in [0.29, 0.717) is 5.82 Å². The van der Waals surface area contributed by atoms with E-state index in [4.69, 9.17) is 0 Å². The molecule has 2 aromatic carbocycles. The monoisotopic (exact) mass is 369 g/mol. The topological polar surface area (TPSA) is 74.8 Å². The summed E-state index contributed by atoms with van der Waals surface area (Å²) in [6.45, 7) is 1.95. The summed E-state index contributed by atoms with van der Waals surface area (Å²) in [7, 11) is -5.44. The van der Waals surface area contributed by atoms with Gasteiger partial charge in [0.25, 0.3) is 9.84 Å². The summed E-state index contributed by atoms with van der Waals surface area (Å²) >= 11 is 0. The second-order valence-corrected chi connectivity index (χ2v) is 7.36. The van der Waals surface area contributed by atoms with Gasteiger partial charge < -0.3 is 10.3 Å². The summed E-state index contributed by atoms with van der Waals surface area (Å²) < 4.78 is 61.8. The van der Waals surface area contributed by atoms with Crippen LogP contribution in [0.4, 0.5) is 18.9 Å². The predicted molar refractivity (Wildman–Crippen MR) is 87.8 cm³/mol. The highest BCUT2D eigenvalue weighted by Crippen LogP contribution is 2.34. The van der Waals surface area contributed by atoms with Crippen LogP contribution in [0.15, 0.2) is 47.4 Å². The molecule has 1 heterocycles. The third-order valence-corrected chi connectivity index (χ3v) is 5.24. The number of H-pyrrole nitrogens is 1. The number of aromatic nitrogens is 2. The zero-order valence-electron chi connectivity index (χ0n) is 13.1. The normalized spacial score (nSPS) is 12.5. The average Bonchev–Trinajstić information content (AvgIpc) is 2.97. The zero-order valence-corrected chi connectivity index (χ0v) is 13.9. The number of aryl methyl sites for hydroxylation is 1. The number of anilines is 1. The second kappa shape index (κ2) is 6.07. The lowest BCUT2D eigenvalue weighted by molar-refractivity contribution is -0.0435. The molecule has 0 saturated carbocycles. The first kappa shape index (κ1) is 17.3. The van der Waals surface area contributed by atoms with E-state index in [-0.39, 0.29) is 12.2 Å². The van der Waals surface area contributed by atoms with Gasteiger partial charge in [-0.3, -0.25) is 0 Å². The molecule has 0 unspecified atom stereocenters. The maximum absolute atomic E-state index is 12.8. The molecule has 3 aromatic rings. The van der Waals surface area contributed by atoms with Crippen molar-refractivity contribution in [3.8, 4) is 0 Å². The fourth-order valence-electron chi connectivity index (χ4n) is 2.46. The molecule has 3 rings (SSSR count). The molecule has 0 aliphatic rings. The van der Waals surface area contributed by atoms with Crippen molar-refractivity contribution in [1.82, 2.24) is 9.97 Å². The average molecular weight is 369 g/mol. The van der Waals surface area contributed by atoms with Gasteiger partial charge in [-0.15, -0.1) is 0 Å². The standard InChI is InChI=1S/C16H14F3N3O2S/c1-10-5-4-7-12-15(10)22-14(21-12)9-20-11-6-2-3-8-13(11)25(23,24)16(17,18)19/h2-8,20H,9H2,1H3,(H,21,22). The van der Waals surface area contributed by atoms with Gasteiger partial charge in [0.15, 0.2) is 0 Å². The number of halogens is 3. The van der Waals surface area contributed by atoms with Crippen molar-refractivity contribution >= 4 is 26.6 Å². The number of aromatic amines is 1. The number of imidazole rings is 1. The number of sulfone groups is 1. The van der Waals surface area contributed by atoms with E-state index >= 15 is 0 Å². The van der Waals surface area contributed by atoms with Crippen LogP contribution in [-0.2, 0) is 16.4 Å². The lowest BCUT2D eigenvalue weighted by Crippen LogP contribution is -2.24. The minimum Gasteiger partial charge on any atom is -0.377 e. The Balaban J connectivity index is 1.90. The molecule has 5 nitrogen and oxygen atoms in total. The van der Waals surface area contributed by atoms with E-state index in [1.807, 2.05) is 25.1 Å². The first-order chi connectivity index (χ1) is 11.7. The number of nitrogens with zero attached hydrogens (tertiary/aromatic N) is 1. The summed E-state index contributed by atoms with van der Waals surface area (Å²) in [5.41, 5.74) is -2.97. The van der Waals surface area contributed by atoms with Gasteiger partial charge in [-0.25, -0.2) is 13.4 Å². The van der Waals surface area contributed by atoms with E-state index in [9.17, 15) is 21.6 Å². The van der Waals surface area contributed by atoms with Crippen molar-refractivity contribution in [3.05, 3.63) is 53.9 Å². The molecule has 0 atom stereocenters. The quantitative estimate of drug-likeness (QED) is 0.734. The molecular formula is C16H14F3N3O2S. The van der Waals surface area contributed by atoms with Crippen molar-refractivity contribution in [3.63, 3.8) is 0 Å². The molecule has 0 radical (unpaired) electrons. The van der Waals surface area contributed by atoms with E-state index in [1.54, 1.807) is 0 Å². The van der Waals surface area contributed by atoms with Gasteiger partial charge in [-0.05, 0) is 30.7 Å². The first-order valence-corrected chi connectivity index (χ1v) is 8.77. The Labute approximate surface area is 141 Å². The highest BCUT2D eigenvalue weighted by atomic mass is 32.2. The smallest absolute Gasteiger partial charge is 0.377 e. The maximum Gasteiger partial charge on any atom is 0.501 e. The Bertz CT molecular complexity index is 1030. The SMILES string of the molecule is Cc1cccc2[nH]c(CNc3ccccc3S(=O)(=O)C(F)(F)F)nc12. The Morgan fingerprint density at radius 3 is 2.52 bits per heavy atom. The highest BCUT2D eigenvalue weighted by Gasteiger charge is 2.47. The summed E-state index contributed by atoms with van der Waals surface area (Å²) in [5.74, 6) is 0.489. The third kappa shape index (κ3) is 3.19. The number of para-hydroxylation sites is 2. The Kier molecular flexibility index (Phi) is 4.19. The van der Waals surface area contributed by atoms with E-state index in [1.165, 1.54) is 18.2 Å². The molecule has 0 fully saturated rings. The van der Waals surface area contributed by atoms with Crippen LogP contribution < -0.4 is 5.32 Å². The van der Waals surface area contributed by atoms with Crippen molar-refractivity contribution < 1.29 is 21.6 Å². The minimum atomic E-state index is -5.44. The second-order valence-electron chi connectivity index (χ2n) is 5.45. The first-order valence-electron chi connectivity index (χ1n) is 7.28. The molecule has 1 aromatic heterocycles. The lowest BCUT2D eigenvalue weighted by Gasteiger charge is -2.13. The van der Waals surface area contributed by atoms with Crippen molar-refractivity contribution in [1.29, 1.82) is 0 Å². The molecule has 132 valence electrons. The molecule has 25 heavy (non-hydrogen) atoms. The number of alkyl halides is 3. The third-order valence-electron chi connectivity index (χ3n) is 3.69. The highest BCUT2D eigenvalue weighted by molar-refractivity contribution is 7.92. The molecule has 0 saturated heterocycles. The molecule has 0 aliphatic heterocycles.